The fraction of sp³-hybridized carbons (Fsp3) is 0.263. The SMILES string of the molecule is Fc1ccc2[nH]c(CN3CCCC3)c(Sc3ccccc3)c2c1. The normalized spacial score (nSPS) is 15.5. The molecule has 0 saturated carbocycles. The van der Waals surface area contributed by atoms with Gasteiger partial charge in [0.2, 0.25) is 0 Å². The van der Waals surface area contributed by atoms with Gasteiger partial charge in [0.05, 0.1) is 0 Å². The fourth-order valence-corrected chi connectivity index (χ4v) is 4.24. The summed E-state index contributed by atoms with van der Waals surface area (Å²) < 4.78 is 13.7. The lowest BCUT2D eigenvalue weighted by molar-refractivity contribution is 0.325. The molecule has 1 aliphatic heterocycles. The van der Waals surface area contributed by atoms with Crippen LogP contribution in [0, 0.1) is 5.82 Å². The van der Waals surface area contributed by atoms with Gasteiger partial charge in [0.25, 0.3) is 0 Å². The molecule has 1 N–H and O–H groups in total. The first-order chi connectivity index (χ1) is 11.3. The number of rotatable bonds is 4. The van der Waals surface area contributed by atoms with Crippen LogP contribution in [-0.2, 0) is 6.54 Å². The van der Waals surface area contributed by atoms with Crippen LogP contribution in [0.3, 0.4) is 0 Å². The summed E-state index contributed by atoms with van der Waals surface area (Å²) in [7, 11) is 0. The third-order valence-electron chi connectivity index (χ3n) is 4.33. The lowest BCUT2D eigenvalue weighted by Gasteiger charge is -2.14. The lowest BCUT2D eigenvalue weighted by atomic mass is 10.2. The predicted octanol–water partition coefficient (Wildman–Crippen LogP) is 5.05. The maximum atomic E-state index is 13.7. The first-order valence-corrected chi connectivity index (χ1v) is 8.86. The topological polar surface area (TPSA) is 19.0 Å². The molecular formula is C19H19FN2S. The Morgan fingerprint density at radius 1 is 1.04 bits per heavy atom. The highest BCUT2D eigenvalue weighted by atomic mass is 32.2. The van der Waals surface area contributed by atoms with Gasteiger partial charge in [-0.1, -0.05) is 30.0 Å². The molecule has 1 saturated heterocycles. The van der Waals surface area contributed by atoms with Crippen LogP contribution in [0.4, 0.5) is 4.39 Å². The van der Waals surface area contributed by atoms with E-state index in [1.165, 1.54) is 29.5 Å². The Labute approximate surface area is 139 Å². The molecule has 4 rings (SSSR count). The highest BCUT2D eigenvalue weighted by Gasteiger charge is 2.18. The van der Waals surface area contributed by atoms with E-state index in [0.717, 1.165) is 35.4 Å². The summed E-state index contributed by atoms with van der Waals surface area (Å²) in [6.45, 7) is 3.21. The molecule has 0 spiro atoms. The molecule has 0 aliphatic carbocycles. The van der Waals surface area contributed by atoms with Crippen molar-refractivity contribution in [3.63, 3.8) is 0 Å². The summed E-state index contributed by atoms with van der Waals surface area (Å²) in [6, 6.07) is 15.3. The number of aromatic amines is 1. The number of benzene rings is 2. The van der Waals surface area contributed by atoms with Gasteiger partial charge in [0.15, 0.2) is 0 Å². The van der Waals surface area contributed by atoms with Crippen molar-refractivity contribution in [3.8, 4) is 0 Å². The van der Waals surface area contributed by atoms with Crippen LogP contribution in [0.1, 0.15) is 18.5 Å². The third kappa shape index (κ3) is 3.14. The van der Waals surface area contributed by atoms with Gasteiger partial charge in [0.1, 0.15) is 5.82 Å². The summed E-state index contributed by atoms with van der Waals surface area (Å²) in [5.74, 6) is -0.181. The molecule has 2 nitrogen and oxygen atoms in total. The minimum Gasteiger partial charge on any atom is -0.356 e. The molecule has 118 valence electrons. The number of fused-ring (bicyclic) bond motifs is 1. The number of H-pyrrole nitrogens is 1. The number of hydrogen-bond donors (Lipinski definition) is 1. The van der Waals surface area contributed by atoms with E-state index in [4.69, 9.17) is 0 Å². The summed E-state index contributed by atoms with van der Waals surface area (Å²) in [4.78, 5) is 8.31. The molecular weight excluding hydrogens is 307 g/mol. The molecule has 4 heteroatoms. The number of likely N-dealkylation sites (tertiary alicyclic amines) is 1. The quantitative estimate of drug-likeness (QED) is 0.723. The highest BCUT2D eigenvalue weighted by molar-refractivity contribution is 7.99. The van der Waals surface area contributed by atoms with Crippen molar-refractivity contribution >= 4 is 22.7 Å². The van der Waals surface area contributed by atoms with E-state index >= 15 is 0 Å². The summed E-state index contributed by atoms with van der Waals surface area (Å²) >= 11 is 1.72. The lowest BCUT2D eigenvalue weighted by Crippen LogP contribution is -2.18. The minimum atomic E-state index is -0.181. The smallest absolute Gasteiger partial charge is 0.123 e. The number of halogens is 1. The zero-order chi connectivity index (χ0) is 15.6. The number of hydrogen-bond acceptors (Lipinski definition) is 2. The van der Waals surface area contributed by atoms with Gasteiger partial charge in [-0.05, 0) is 56.3 Å². The Morgan fingerprint density at radius 3 is 2.61 bits per heavy atom. The van der Waals surface area contributed by atoms with Crippen LogP contribution < -0.4 is 0 Å². The Bertz CT molecular complexity index is 807. The molecule has 2 aromatic carbocycles. The second kappa shape index (κ2) is 6.38. The van der Waals surface area contributed by atoms with Crippen molar-refractivity contribution in [1.82, 2.24) is 9.88 Å². The fourth-order valence-electron chi connectivity index (χ4n) is 3.19. The molecule has 2 heterocycles. The average Bonchev–Trinajstić information content (AvgIpc) is 3.18. The van der Waals surface area contributed by atoms with Gasteiger partial charge >= 0.3 is 0 Å². The maximum Gasteiger partial charge on any atom is 0.123 e. The summed E-state index contributed by atoms with van der Waals surface area (Å²) in [6.07, 6.45) is 2.55. The van der Waals surface area contributed by atoms with Crippen molar-refractivity contribution in [2.75, 3.05) is 13.1 Å². The van der Waals surface area contributed by atoms with Crippen molar-refractivity contribution in [2.45, 2.75) is 29.2 Å². The zero-order valence-electron chi connectivity index (χ0n) is 12.9. The molecule has 1 aromatic heterocycles. The van der Waals surface area contributed by atoms with Gasteiger partial charge in [-0.3, -0.25) is 4.90 Å². The van der Waals surface area contributed by atoms with Gasteiger partial charge < -0.3 is 4.98 Å². The van der Waals surface area contributed by atoms with E-state index in [-0.39, 0.29) is 5.82 Å². The van der Waals surface area contributed by atoms with Gasteiger partial charge in [-0.25, -0.2) is 4.39 Å². The van der Waals surface area contributed by atoms with Crippen molar-refractivity contribution in [1.29, 1.82) is 0 Å². The van der Waals surface area contributed by atoms with Gasteiger partial charge in [-0.15, -0.1) is 0 Å². The van der Waals surface area contributed by atoms with Crippen LogP contribution in [0.25, 0.3) is 10.9 Å². The Morgan fingerprint density at radius 2 is 1.83 bits per heavy atom. The molecule has 0 atom stereocenters. The maximum absolute atomic E-state index is 13.7. The van der Waals surface area contributed by atoms with E-state index in [1.807, 2.05) is 24.3 Å². The molecule has 0 amide bonds. The van der Waals surface area contributed by atoms with E-state index in [2.05, 4.69) is 22.0 Å². The van der Waals surface area contributed by atoms with Gasteiger partial charge in [-0.2, -0.15) is 0 Å². The molecule has 0 radical (unpaired) electrons. The third-order valence-corrected chi connectivity index (χ3v) is 5.51. The zero-order valence-corrected chi connectivity index (χ0v) is 13.7. The number of aromatic nitrogens is 1. The summed E-state index contributed by atoms with van der Waals surface area (Å²) in [5, 5.41) is 0.980. The van der Waals surface area contributed by atoms with E-state index in [9.17, 15) is 4.39 Å². The first-order valence-electron chi connectivity index (χ1n) is 8.05. The molecule has 1 fully saturated rings. The standard InChI is InChI=1S/C19H19FN2S/c20-14-8-9-17-16(12-14)19(23-15-6-2-1-3-7-15)18(21-17)13-22-10-4-5-11-22/h1-3,6-9,12,21H,4-5,10-11,13H2. The highest BCUT2D eigenvalue weighted by Crippen LogP contribution is 2.37. The molecule has 0 unspecified atom stereocenters. The minimum absolute atomic E-state index is 0.181. The van der Waals surface area contributed by atoms with Crippen molar-refractivity contribution in [3.05, 3.63) is 60.0 Å². The van der Waals surface area contributed by atoms with E-state index in [0.29, 0.717) is 0 Å². The average molecular weight is 326 g/mol. The van der Waals surface area contributed by atoms with E-state index in [1.54, 1.807) is 17.8 Å². The van der Waals surface area contributed by atoms with Crippen LogP contribution in [0.15, 0.2) is 58.3 Å². The molecule has 23 heavy (non-hydrogen) atoms. The summed E-state index contributed by atoms with van der Waals surface area (Å²) in [5.41, 5.74) is 2.21. The van der Waals surface area contributed by atoms with E-state index < -0.39 is 0 Å². The van der Waals surface area contributed by atoms with Crippen LogP contribution in [0.5, 0.6) is 0 Å². The van der Waals surface area contributed by atoms with Crippen molar-refractivity contribution in [2.24, 2.45) is 0 Å². The molecule has 3 aromatic rings. The van der Waals surface area contributed by atoms with Crippen LogP contribution in [-0.4, -0.2) is 23.0 Å². The van der Waals surface area contributed by atoms with Crippen LogP contribution in [0.2, 0.25) is 0 Å². The Kier molecular flexibility index (Phi) is 4.10. The predicted molar refractivity (Wildman–Crippen MR) is 93.3 cm³/mol. The van der Waals surface area contributed by atoms with Gasteiger partial charge in [0, 0.05) is 32.9 Å². The number of nitrogens with one attached hydrogen (secondary N) is 1. The van der Waals surface area contributed by atoms with Crippen LogP contribution >= 0.6 is 11.8 Å². The first kappa shape index (κ1) is 14.8. The van der Waals surface area contributed by atoms with Crippen molar-refractivity contribution < 1.29 is 4.39 Å². The Balaban J connectivity index is 1.75. The Hall–Kier alpha value is -1.78. The second-order valence-electron chi connectivity index (χ2n) is 6.02. The second-order valence-corrected chi connectivity index (χ2v) is 7.10. The number of nitrogens with zero attached hydrogens (tertiary/aromatic N) is 1. The molecule has 0 bridgehead atoms. The molecule has 1 aliphatic rings. The monoisotopic (exact) mass is 326 g/mol. The largest absolute Gasteiger partial charge is 0.356 e.